The third kappa shape index (κ3) is 2.76. The molecule has 3 rings (SSSR count). The summed E-state index contributed by atoms with van der Waals surface area (Å²) in [6, 6.07) is 6.34. The van der Waals surface area contributed by atoms with Gasteiger partial charge in [0, 0.05) is 30.1 Å². The molecule has 1 fully saturated rings. The van der Waals surface area contributed by atoms with Crippen molar-refractivity contribution < 1.29 is 4.74 Å². The standard InChI is InChI=1S/C18H22N4O/c1-11-8-14(13(3)20)17-15(9-11)16(10-19)12(2)18(21-17)22-4-6-23-7-5-22/h8-9,13H,4-7,20H2,1-3H3. The molecule has 1 aliphatic heterocycles. The van der Waals surface area contributed by atoms with Gasteiger partial charge in [0.25, 0.3) is 0 Å². The molecule has 1 unspecified atom stereocenters. The fraction of sp³-hybridized carbons (Fsp3) is 0.444. The van der Waals surface area contributed by atoms with Crippen LogP contribution in [0.5, 0.6) is 0 Å². The second kappa shape index (κ2) is 6.15. The van der Waals surface area contributed by atoms with Crippen LogP contribution in [-0.2, 0) is 4.74 Å². The quantitative estimate of drug-likeness (QED) is 0.922. The first-order chi connectivity index (χ1) is 11.0. The molecule has 1 atom stereocenters. The molecule has 2 heterocycles. The maximum Gasteiger partial charge on any atom is 0.133 e. The number of pyridine rings is 1. The van der Waals surface area contributed by atoms with Crippen LogP contribution >= 0.6 is 0 Å². The number of anilines is 1. The third-order valence-electron chi connectivity index (χ3n) is 4.39. The minimum atomic E-state index is -0.128. The predicted octanol–water partition coefficient (Wildman–Crippen LogP) is 2.58. The van der Waals surface area contributed by atoms with Crippen molar-refractivity contribution in [1.29, 1.82) is 5.26 Å². The number of aromatic nitrogens is 1. The van der Waals surface area contributed by atoms with E-state index in [1.807, 2.05) is 26.8 Å². The van der Waals surface area contributed by atoms with E-state index in [1.54, 1.807) is 0 Å². The van der Waals surface area contributed by atoms with Crippen LogP contribution in [0.15, 0.2) is 12.1 Å². The normalized spacial score (nSPS) is 16.4. The molecule has 2 aromatic rings. The average Bonchev–Trinajstić information content (AvgIpc) is 2.54. The van der Waals surface area contributed by atoms with E-state index in [-0.39, 0.29) is 6.04 Å². The Labute approximate surface area is 136 Å². The van der Waals surface area contributed by atoms with Crippen molar-refractivity contribution in [3.05, 3.63) is 34.4 Å². The molecule has 0 amide bonds. The number of nitrogens with zero attached hydrogens (tertiary/aromatic N) is 3. The number of aryl methyl sites for hydroxylation is 1. The van der Waals surface area contributed by atoms with Crippen LogP contribution in [0, 0.1) is 25.2 Å². The lowest BCUT2D eigenvalue weighted by Crippen LogP contribution is -2.37. The minimum Gasteiger partial charge on any atom is -0.378 e. The SMILES string of the molecule is Cc1cc(C(C)N)c2nc(N3CCOCC3)c(C)c(C#N)c2c1. The Balaban J connectivity index is 2.31. The summed E-state index contributed by atoms with van der Waals surface area (Å²) in [7, 11) is 0. The molecular formula is C18H22N4O. The molecule has 5 heteroatoms. The van der Waals surface area contributed by atoms with E-state index in [4.69, 9.17) is 15.5 Å². The van der Waals surface area contributed by atoms with Gasteiger partial charge in [-0.2, -0.15) is 5.26 Å². The Morgan fingerprint density at radius 1 is 1.30 bits per heavy atom. The number of ether oxygens (including phenoxy) is 1. The molecule has 1 aromatic heterocycles. The lowest BCUT2D eigenvalue weighted by molar-refractivity contribution is 0.122. The topological polar surface area (TPSA) is 75.2 Å². The Morgan fingerprint density at radius 3 is 2.61 bits per heavy atom. The smallest absolute Gasteiger partial charge is 0.133 e. The fourth-order valence-electron chi connectivity index (χ4n) is 3.20. The molecule has 0 bridgehead atoms. The van der Waals surface area contributed by atoms with Gasteiger partial charge in [-0.3, -0.25) is 0 Å². The number of hydrogen-bond acceptors (Lipinski definition) is 5. The monoisotopic (exact) mass is 310 g/mol. The van der Waals surface area contributed by atoms with E-state index in [9.17, 15) is 5.26 Å². The highest BCUT2D eigenvalue weighted by Crippen LogP contribution is 2.32. The minimum absolute atomic E-state index is 0.128. The van der Waals surface area contributed by atoms with Crippen LogP contribution in [0.4, 0.5) is 5.82 Å². The van der Waals surface area contributed by atoms with E-state index in [0.29, 0.717) is 18.8 Å². The maximum atomic E-state index is 9.71. The van der Waals surface area contributed by atoms with E-state index in [0.717, 1.165) is 46.5 Å². The first-order valence-electron chi connectivity index (χ1n) is 7.96. The van der Waals surface area contributed by atoms with Crippen molar-refractivity contribution >= 4 is 16.7 Å². The molecule has 120 valence electrons. The predicted molar refractivity (Wildman–Crippen MR) is 91.6 cm³/mol. The maximum absolute atomic E-state index is 9.71. The van der Waals surface area contributed by atoms with Crippen LogP contribution in [0.1, 0.15) is 35.2 Å². The van der Waals surface area contributed by atoms with Gasteiger partial charge >= 0.3 is 0 Å². The fourth-order valence-corrected chi connectivity index (χ4v) is 3.20. The van der Waals surface area contributed by atoms with Crippen molar-refractivity contribution in [2.75, 3.05) is 31.2 Å². The van der Waals surface area contributed by atoms with Gasteiger partial charge < -0.3 is 15.4 Å². The zero-order valence-electron chi connectivity index (χ0n) is 13.9. The Hall–Kier alpha value is -2.16. The van der Waals surface area contributed by atoms with E-state index < -0.39 is 0 Å². The number of nitrogens with two attached hydrogens (primary N) is 1. The summed E-state index contributed by atoms with van der Waals surface area (Å²) in [5.41, 5.74) is 10.7. The van der Waals surface area contributed by atoms with Crippen molar-refractivity contribution in [2.24, 2.45) is 5.73 Å². The molecular weight excluding hydrogens is 288 g/mol. The number of hydrogen-bond donors (Lipinski definition) is 1. The number of morpholine rings is 1. The highest BCUT2D eigenvalue weighted by atomic mass is 16.5. The van der Waals surface area contributed by atoms with E-state index >= 15 is 0 Å². The van der Waals surface area contributed by atoms with E-state index in [2.05, 4.69) is 17.0 Å². The summed E-state index contributed by atoms with van der Waals surface area (Å²) >= 11 is 0. The lowest BCUT2D eigenvalue weighted by Gasteiger charge is -2.30. The Bertz CT molecular complexity index is 786. The van der Waals surface area contributed by atoms with Gasteiger partial charge in [0.1, 0.15) is 11.9 Å². The second-order valence-corrected chi connectivity index (χ2v) is 6.19. The molecule has 5 nitrogen and oxygen atoms in total. The van der Waals surface area contributed by atoms with Gasteiger partial charge in [-0.25, -0.2) is 4.98 Å². The molecule has 0 aliphatic carbocycles. The van der Waals surface area contributed by atoms with Gasteiger partial charge in [0.15, 0.2) is 0 Å². The molecule has 23 heavy (non-hydrogen) atoms. The first kappa shape index (κ1) is 15.7. The molecule has 1 saturated heterocycles. The summed E-state index contributed by atoms with van der Waals surface area (Å²) < 4.78 is 5.43. The zero-order valence-corrected chi connectivity index (χ0v) is 13.9. The average molecular weight is 310 g/mol. The lowest BCUT2D eigenvalue weighted by atomic mass is 9.96. The third-order valence-corrected chi connectivity index (χ3v) is 4.39. The largest absolute Gasteiger partial charge is 0.378 e. The number of nitriles is 1. The first-order valence-corrected chi connectivity index (χ1v) is 7.96. The van der Waals surface area contributed by atoms with Crippen molar-refractivity contribution in [3.8, 4) is 6.07 Å². The summed E-state index contributed by atoms with van der Waals surface area (Å²) in [6.07, 6.45) is 0. The molecule has 0 radical (unpaired) electrons. The number of fused-ring (bicyclic) bond motifs is 1. The zero-order chi connectivity index (χ0) is 16.6. The van der Waals surface area contributed by atoms with E-state index in [1.165, 1.54) is 0 Å². The highest BCUT2D eigenvalue weighted by molar-refractivity contribution is 5.91. The number of benzene rings is 1. The van der Waals surface area contributed by atoms with Crippen LogP contribution in [0.3, 0.4) is 0 Å². The van der Waals surface area contributed by atoms with Gasteiger partial charge in [-0.1, -0.05) is 11.6 Å². The highest BCUT2D eigenvalue weighted by Gasteiger charge is 2.21. The van der Waals surface area contributed by atoms with Crippen molar-refractivity contribution in [1.82, 2.24) is 4.98 Å². The van der Waals surface area contributed by atoms with Crippen LogP contribution in [0.2, 0.25) is 0 Å². The summed E-state index contributed by atoms with van der Waals surface area (Å²) in [5, 5.41) is 10.6. The van der Waals surface area contributed by atoms with Crippen LogP contribution in [-0.4, -0.2) is 31.3 Å². The molecule has 1 aromatic carbocycles. The van der Waals surface area contributed by atoms with Gasteiger partial charge in [-0.05, 0) is 32.4 Å². The summed E-state index contributed by atoms with van der Waals surface area (Å²) in [4.78, 5) is 7.11. The van der Waals surface area contributed by atoms with Crippen LogP contribution < -0.4 is 10.6 Å². The second-order valence-electron chi connectivity index (χ2n) is 6.19. The summed E-state index contributed by atoms with van der Waals surface area (Å²) in [6.45, 7) is 8.93. The molecule has 0 spiro atoms. The van der Waals surface area contributed by atoms with Gasteiger partial charge in [-0.15, -0.1) is 0 Å². The van der Waals surface area contributed by atoms with Gasteiger partial charge in [0.2, 0.25) is 0 Å². The summed E-state index contributed by atoms with van der Waals surface area (Å²) in [5.74, 6) is 0.878. The van der Waals surface area contributed by atoms with Crippen LogP contribution in [0.25, 0.3) is 10.9 Å². The van der Waals surface area contributed by atoms with Crippen molar-refractivity contribution in [2.45, 2.75) is 26.8 Å². The van der Waals surface area contributed by atoms with Crippen molar-refractivity contribution in [3.63, 3.8) is 0 Å². The molecule has 0 saturated carbocycles. The molecule has 1 aliphatic rings. The number of rotatable bonds is 2. The Morgan fingerprint density at radius 2 is 2.00 bits per heavy atom. The molecule has 2 N–H and O–H groups in total. The Kier molecular flexibility index (Phi) is 4.20. The van der Waals surface area contributed by atoms with Gasteiger partial charge in [0.05, 0.1) is 24.3 Å².